The summed E-state index contributed by atoms with van der Waals surface area (Å²) >= 11 is 5.57. The van der Waals surface area contributed by atoms with Gasteiger partial charge in [0, 0.05) is 12.1 Å². The molecule has 1 unspecified atom stereocenters. The van der Waals surface area contributed by atoms with E-state index in [1.165, 1.54) is 25.1 Å². The van der Waals surface area contributed by atoms with Crippen LogP contribution >= 0.6 is 11.6 Å². The lowest BCUT2D eigenvalue weighted by atomic mass is 10.1. The molecule has 7 nitrogen and oxygen atoms in total. The Hall–Kier alpha value is -2.45. The molecule has 2 aromatic rings. The van der Waals surface area contributed by atoms with Crippen LogP contribution in [0, 0.1) is 24.0 Å². The topological polar surface area (TPSA) is 97.6 Å². The van der Waals surface area contributed by atoms with Crippen molar-refractivity contribution in [1.82, 2.24) is 0 Å². The van der Waals surface area contributed by atoms with Crippen LogP contribution in [0.1, 0.15) is 18.1 Å². The fraction of sp³-hybridized carbons (Fsp3) is 0.235. The van der Waals surface area contributed by atoms with Crippen LogP contribution in [0.2, 0.25) is 0 Å². The average molecular weight is 397 g/mol. The van der Waals surface area contributed by atoms with E-state index in [2.05, 4.69) is 0 Å². The molecule has 0 fully saturated rings. The third-order valence-electron chi connectivity index (χ3n) is 3.73. The smallest absolute Gasteiger partial charge is 0.270 e. The lowest BCUT2D eigenvalue weighted by molar-refractivity contribution is -0.385. The highest BCUT2D eigenvalue weighted by Gasteiger charge is 2.33. The molecule has 0 radical (unpaired) electrons. The Morgan fingerprint density at radius 3 is 2.23 bits per heavy atom. The Balaban J connectivity index is 2.70. The summed E-state index contributed by atoms with van der Waals surface area (Å²) in [6.45, 7) is 4.95. The molecule has 2 aromatic carbocycles. The third-order valence-corrected chi connectivity index (χ3v) is 5.94. The number of carbonyl (C=O) groups excluding carboxylic acids is 1. The molecule has 0 N–H and O–H groups in total. The highest BCUT2D eigenvalue weighted by atomic mass is 35.5. The van der Waals surface area contributed by atoms with Gasteiger partial charge in [-0.1, -0.05) is 12.1 Å². The number of nitro groups is 1. The van der Waals surface area contributed by atoms with Crippen molar-refractivity contribution < 1.29 is 18.1 Å². The van der Waals surface area contributed by atoms with Gasteiger partial charge >= 0.3 is 0 Å². The van der Waals surface area contributed by atoms with E-state index in [0.29, 0.717) is 0 Å². The van der Waals surface area contributed by atoms with Gasteiger partial charge < -0.3 is 0 Å². The molecule has 1 atom stereocenters. The van der Waals surface area contributed by atoms with Gasteiger partial charge in [-0.25, -0.2) is 8.42 Å². The van der Waals surface area contributed by atoms with E-state index < -0.39 is 26.2 Å². The Morgan fingerprint density at radius 1 is 1.15 bits per heavy atom. The van der Waals surface area contributed by atoms with Gasteiger partial charge in [-0.05, 0) is 61.7 Å². The molecule has 0 spiro atoms. The van der Waals surface area contributed by atoms with Crippen molar-refractivity contribution in [1.29, 1.82) is 0 Å². The Kier molecular flexibility index (Phi) is 5.68. The number of sulfonamides is 1. The van der Waals surface area contributed by atoms with Crippen molar-refractivity contribution in [2.75, 3.05) is 4.31 Å². The maximum atomic E-state index is 13.2. The van der Waals surface area contributed by atoms with E-state index in [4.69, 9.17) is 11.6 Å². The van der Waals surface area contributed by atoms with E-state index in [0.717, 1.165) is 21.5 Å². The SMILES string of the molecule is Cc1cc(C)cc(N(C(C)C(=O)Cl)S(=O)(=O)c2cccc([N+](=O)[O-])c2)c1. The van der Waals surface area contributed by atoms with Gasteiger partial charge in [0.15, 0.2) is 0 Å². The predicted octanol–water partition coefficient (Wildman–Crippen LogP) is 3.56. The summed E-state index contributed by atoms with van der Waals surface area (Å²) in [5, 5.41) is 10.1. The molecule has 0 heterocycles. The van der Waals surface area contributed by atoms with E-state index in [-0.39, 0.29) is 16.3 Å². The highest BCUT2D eigenvalue weighted by Crippen LogP contribution is 2.30. The molecule has 0 aliphatic rings. The summed E-state index contributed by atoms with van der Waals surface area (Å²) < 4.78 is 27.2. The monoisotopic (exact) mass is 396 g/mol. The van der Waals surface area contributed by atoms with Crippen molar-refractivity contribution in [2.24, 2.45) is 0 Å². The van der Waals surface area contributed by atoms with Gasteiger partial charge in [0.05, 0.1) is 15.5 Å². The zero-order valence-electron chi connectivity index (χ0n) is 14.3. The molecular weight excluding hydrogens is 380 g/mol. The summed E-state index contributed by atoms with van der Waals surface area (Å²) in [5.41, 5.74) is 1.49. The second-order valence-corrected chi connectivity index (χ2v) is 8.07. The molecule has 138 valence electrons. The number of carbonyl (C=O) groups is 1. The normalized spacial score (nSPS) is 12.5. The molecule has 0 saturated heterocycles. The van der Waals surface area contributed by atoms with Crippen molar-refractivity contribution in [2.45, 2.75) is 31.7 Å². The van der Waals surface area contributed by atoms with Gasteiger partial charge in [0.25, 0.3) is 15.7 Å². The number of anilines is 1. The Labute approximate surface area is 156 Å². The zero-order valence-corrected chi connectivity index (χ0v) is 15.9. The minimum absolute atomic E-state index is 0.260. The minimum Gasteiger partial charge on any atom is -0.279 e. The number of hydrogen-bond acceptors (Lipinski definition) is 5. The number of hydrogen-bond donors (Lipinski definition) is 0. The third kappa shape index (κ3) is 4.03. The maximum Gasteiger partial charge on any atom is 0.270 e. The molecule has 0 aromatic heterocycles. The van der Waals surface area contributed by atoms with E-state index in [9.17, 15) is 23.3 Å². The quantitative estimate of drug-likeness (QED) is 0.422. The van der Waals surface area contributed by atoms with Crippen LogP contribution in [0.15, 0.2) is 47.4 Å². The summed E-state index contributed by atoms with van der Waals surface area (Å²) in [7, 11) is -4.26. The molecule has 0 saturated carbocycles. The van der Waals surface area contributed by atoms with E-state index in [1.54, 1.807) is 26.0 Å². The van der Waals surface area contributed by atoms with Crippen molar-refractivity contribution in [3.8, 4) is 0 Å². The predicted molar refractivity (Wildman–Crippen MR) is 99.0 cm³/mol. The van der Waals surface area contributed by atoms with Crippen LogP contribution in [0.5, 0.6) is 0 Å². The van der Waals surface area contributed by atoms with Crippen LogP contribution in [-0.2, 0) is 14.8 Å². The lowest BCUT2D eigenvalue weighted by Crippen LogP contribution is -2.42. The number of non-ortho nitro benzene ring substituents is 1. The molecular formula is C17H17ClN2O5S. The largest absolute Gasteiger partial charge is 0.279 e. The summed E-state index contributed by atoms with van der Waals surface area (Å²) in [6, 6.07) is 8.54. The number of nitrogens with zero attached hydrogens (tertiary/aromatic N) is 2. The van der Waals surface area contributed by atoms with E-state index >= 15 is 0 Å². The minimum atomic E-state index is -4.26. The molecule has 2 rings (SSSR count). The van der Waals surface area contributed by atoms with Crippen molar-refractivity contribution in [3.63, 3.8) is 0 Å². The molecule has 26 heavy (non-hydrogen) atoms. The van der Waals surface area contributed by atoms with Crippen LogP contribution in [-0.4, -0.2) is 24.6 Å². The van der Waals surface area contributed by atoms with Crippen LogP contribution in [0.3, 0.4) is 0 Å². The number of benzene rings is 2. The standard InChI is InChI=1S/C17H17ClN2O5S/c1-11-7-12(2)9-15(8-11)19(13(3)17(18)21)26(24,25)16-6-4-5-14(10-16)20(22)23/h4-10,13H,1-3H3. The number of rotatable bonds is 6. The first-order chi connectivity index (χ1) is 12.0. The Bertz CT molecular complexity index is 955. The second kappa shape index (κ2) is 7.43. The van der Waals surface area contributed by atoms with Gasteiger partial charge in [0.2, 0.25) is 5.24 Å². The lowest BCUT2D eigenvalue weighted by Gasteiger charge is -2.29. The van der Waals surface area contributed by atoms with Crippen LogP contribution < -0.4 is 4.31 Å². The number of nitro benzene ring substituents is 1. The molecule has 0 amide bonds. The van der Waals surface area contributed by atoms with Gasteiger partial charge in [-0.3, -0.25) is 19.2 Å². The van der Waals surface area contributed by atoms with Gasteiger partial charge in [-0.2, -0.15) is 0 Å². The first-order valence-electron chi connectivity index (χ1n) is 7.60. The van der Waals surface area contributed by atoms with Gasteiger partial charge in [-0.15, -0.1) is 0 Å². The van der Waals surface area contributed by atoms with Crippen LogP contribution in [0.4, 0.5) is 11.4 Å². The maximum absolute atomic E-state index is 13.2. The number of halogens is 1. The zero-order chi connectivity index (χ0) is 19.6. The molecule has 0 aliphatic heterocycles. The first-order valence-corrected chi connectivity index (χ1v) is 9.42. The fourth-order valence-corrected chi connectivity index (χ4v) is 4.41. The first kappa shape index (κ1) is 19.9. The molecule has 9 heteroatoms. The summed E-state index contributed by atoms with van der Waals surface area (Å²) in [4.78, 5) is 21.7. The fourth-order valence-electron chi connectivity index (χ4n) is 2.61. The summed E-state index contributed by atoms with van der Waals surface area (Å²) in [5.74, 6) is 0. The van der Waals surface area contributed by atoms with Crippen LogP contribution in [0.25, 0.3) is 0 Å². The van der Waals surface area contributed by atoms with Crippen molar-refractivity contribution >= 4 is 38.2 Å². The average Bonchev–Trinajstić information content (AvgIpc) is 2.53. The summed E-state index contributed by atoms with van der Waals surface area (Å²) in [6.07, 6.45) is 0. The van der Waals surface area contributed by atoms with Crippen molar-refractivity contribution in [3.05, 3.63) is 63.7 Å². The molecule has 0 bridgehead atoms. The second-order valence-electron chi connectivity index (χ2n) is 5.88. The number of aryl methyl sites for hydroxylation is 2. The Morgan fingerprint density at radius 2 is 1.73 bits per heavy atom. The highest BCUT2D eigenvalue weighted by molar-refractivity contribution is 7.93. The van der Waals surface area contributed by atoms with E-state index in [1.807, 2.05) is 6.07 Å². The molecule has 0 aliphatic carbocycles. The van der Waals surface area contributed by atoms with Gasteiger partial charge in [0.1, 0.15) is 6.04 Å².